The number of ether oxygens (including phenoxy) is 2. The smallest absolute Gasteiger partial charge is 0.410 e. The molecule has 2 heterocycles. The number of nitrogens with zero attached hydrogens (tertiary/aromatic N) is 4. The number of piperidine rings is 1. The van der Waals surface area contributed by atoms with E-state index >= 15 is 0 Å². The van der Waals surface area contributed by atoms with E-state index in [0.29, 0.717) is 0 Å². The zero-order valence-corrected chi connectivity index (χ0v) is 15.4. The number of amides is 1. The first kappa shape index (κ1) is 19.7. The predicted molar refractivity (Wildman–Crippen MR) is 89.3 cm³/mol. The van der Waals surface area contributed by atoms with Crippen LogP contribution in [0.1, 0.15) is 56.2 Å². The van der Waals surface area contributed by atoms with Crippen molar-refractivity contribution in [3.8, 4) is 6.07 Å². The summed E-state index contributed by atoms with van der Waals surface area (Å²) in [5, 5.41) is 13.4. The lowest BCUT2D eigenvalue weighted by atomic mass is 10.0. The van der Waals surface area contributed by atoms with E-state index in [2.05, 4.69) is 5.10 Å². The largest absolute Gasteiger partial charge is 0.462 e. The summed E-state index contributed by atoms with van der Waals surface area (Å²) < 4.78 is 26.1. The third kappa shape index (κ3) is 4.31. The van der Waals surface area contributed by atoms with Crippen molar-refractivity contribution in [2.75, 3.05) is 19.7 Å². The number of esters is 1. The Balaban J connectivity index is 2.14. The normalized spacial score (nSPS) is 20.4. The topological polar surface area (TPSA) is 97.5 Å². The van der Waals surface area contributed by atoms with Gasteiger partial charge in [-0.25, -0.2) is 18.7 Å². The molecular formula is C17H23FN4O4. The standard InChI is InChI=1S/C17H23FN4O4/c1-5-25-15(23)11-9-20-22(14(11)8-19)13-6-7-21(10-12(13)18)16(24)26-17(2,3)4/h9,12-13H,5-7,10H2,1-4H3/t12-,13-/m0/s1. The van der Waals surface area contributed by atoms with E-state index in [0.717, 1.165) is 0 Å². The summed E-state index contributed by atoms with van der Waals surface area (Å²) in [5.41, 5.74) is -0.692. The Kier molecular flexibility index (Phi) is 5.85. The Bertz CT molecular complexity index is 719. The number of rotatable bonds is 3. The molecule has 1 amide bonds. The predicted octanol–water partition coefficient (Wildman–Crippen LogP) is 2.45. The highest BCUT2D eigenvalue weighted by atomic mass is 19.1. The fraction of sp³-hybridized carbons (Fsp3) is 0.647. The van der Waals surface area contributed by atoms with E-state index in [-0.39, 0.29) is 37.4 Å². The van der Waals surface area contributed by atoms with Gasteiger partial charge in [0, 0.05) is 6.54 Å². The summed E-state index contributed by atoms with van der Waals surface area (Å²) in [6.45, 7) is 7.13. The van der Waals surface area contributed by atoms with Gasteiger partial charge in [0.2, 0.25) is 0 Å². The molecule has 0 N–H and O–H groups in total. The second-order valence-corrected chi connectivity index (χ2v) is 6.98. The minimum atomic E-state index is -1.45. The lowest BCUT2D eigenvalue weighted by Crippen LogP contribution is -2.47. The molecule has 1 saturated heterocycles. The Labute approximate surface area is 151 Å². The summed E-state index contributed by atoms with van der Waals surface area (Å²) >= 11 is 0. The molecule has 1 aliphatic rings. The van der Waals surface area contributed by atoms with Crippen LogP contribution in [0.2, 0.25) is 0 Å². The molecule has 0 bridgehead atoms. The molecule has 0 aliphatic carbocycles. The highest BCUT2D eigenvalue weighted by molar-refractivity contribution is 5.91. The van der Waals surface area contributed by atoms with Gasteiger partial charge in [0.1, 0.15) is 23.4 Å². The van der Waals surface area contributed by atoms with E-state index < -0.39 is 29.9 Å². The molecule has 1 aliphatic heterocycles. The van der Waals surface area contributed by atoms with Crippen LogP contribution >= 0.6 is 0 Å². The molecule has 0 saturated carbocycles. The molecule has 1 fully saturated rings. The van der Waals surface area contributed by atoms with Gasteiger partial charge in [-0.15, -0.1) is 0 Å². The maximum absolute atomic E-state index is 14.7. The van der Waals surface area contributed by atoms with Crippen LogP contribution in [-0.2, 0) is 9.47 Å². The fourth-order valence-corrected chi connectivity index (χ4v) is 2.74. The van der Waals surface area contributed by atoms with Gasteiger partial charge in [-0.05, 0) is 34.1 Å². The summed E-state index contributed by atoms with van der Waals surface area (Å²) in [7, 11) is 0. The number of halogens is 1. The molecule has 0 radical (unpaired) electrons. The third-order valence-electron chi connectivity index (χ3n) is 3.87. The molecule has 8 nitrogen and oxygen atoms in total. The lowest BCUT2D eigenvalue weighted by molar-refractivity contribution is 0.00569. The van der Waals surface area contributed by atoms with Gasteiger partial charge in [0.05, 0.1) is 25.4 Å². The van der Waals surface area contributed by atoms with Crippen LogP contribution in [0.3, 0.4) is 0 Å². The molecule has 2 atom stereocenters. The van der Waals surface area contributed by atoms with Crippen LogP contribution in [0.4, 0.5) is 9.18 Å². The van der Waals surface area contributed by atoms with Crippen molar-refractivity contribution < 1.29 is 23.5 Å². The summed E-state index contributed by atoms with van der Waals surface area (Å²) in [5.74, 6) is -0.670. The van der Waals surface area contributed by atoms with Crippen molar-refractivity contribution in [1.82, 2.24) is 14.7 Å². The first-order chi connectivity index (χ1) is 12.2. The van der Waals surface area contributed by atoms with Gasteiger partial charge in [0.25, 0.3) is 0 Å². The van der Waals surface area contributed by atoms with E-state index in [4.69, 9.17) is 9.47 Å². The molecule has 0 unspecified atom stereocenters. The molecule has 0 aromatic carbocycles. The Hall–Kier alpha value is -2.63. The van der Waals surface area contributed by atoms with Crippen LogP contribution in [0.15, 0.2) is 6.20 Å². The number of carbonyl (C=O) groups is 2. The molecule has 9 heteroatoms. The second-order valence-electron chi connectivity index (χ2n) is 6.98. The van der Waals surface area contributed by atoms with E-state index in [1.54, 1.807) is 27.7 Å². The maximum atomic E-state index is 14.7. The van der Waals surface area contributed by atoms with Gasteiger partial charge < -0.3 is 14.4 Å². The zero-order chi connectivity index (χ0) is 19.5. The van der Waals surface area contributed by atoms with E-state index in [1.807, 2.05) is 6.07 Å². The number of aromatic nitrogens is 2. The molecule has 1 aromatic rings. The number of hydrogen-bond donors (Lipinski definition) is 0. The van der Waals surface area contributed by atoms with Gasteiger partial charge >= 0.3 is 12.1 Å². The van der Waals surface area contributed by atoms with E-state index in [1.165, 1.54) is 15.8 Å². The monoisotopic (exact) mass is 366 g/mol. The highest BCUT2D eigenvalue weighted by Gasteiger charge is 2.37. The van der Waals surface area contributed by atoms with Crippen molar-refractivity contribution in [1.29, 1.82) is 5.26 Å². The number of likely N-dealkylation sites (tertiary alicyclic amines) is 1. The second kappa shape index (κ2) is 7.72. The minimum Gasteiger partial charge on any atom is -0.462 e. The van der Waals surface area contributed by atoms with E-state index in [9.17, 15) is 19.2 Å². The van der Waals surface area contributed by atoms with Crippen LogP contribution in [0.25, 0.3) is 0 Å². The van der Waals surface area contributed by atoms with Crippen LogP contribution in [-0.4, -0.2) is 58.2 Å². The molecule has 26 heavy (non-hydrogen) atoms. The summed E-state index contributed by atoms with van der Waals surface area (Å²) in [6, 6.07) is 1.15. The third-order valence-corrected chi connectivity index (χ3v) is 3.87. The van der Waals surface area contributed by atoms with Crippen molar-refractivity contribution >= 4 is 12.1 Å². The maximum Gasteiger partial charge on any atom is 0.410 e. The minimum absolute atomic E-state index is 0.0103. The number of hydrogen-bond acceptors (Lipinski definition) is 6. The number of carbonyl (C=O) groups excluding carboxylic acids is 2. The fourth-order valence-electron chi connectivity index (χ4n) is 2.74. The molecule has 1 aromatic heterocycles. The summed E-state index contributed by atoms with van der Waals surface area (Å²) in [4.78, 5) is 25.3. The zero-order valence-electron chi connectivity index (χ0n) is 15.4. The Morgan fingerprint density at radius 3 is 2.69 bits per heavy atom. The summed E-state index contributed by atoms with van der Waals surface area (Å²) in [6.07, 6.45) is -0.562. The molecule has 142 valence electrons. The number of alkyl halides is 1. The van der Waals surface area contributed by atoms with Gasteiger partial charge in [-0.1, -0.05) is 0 Å². The van der Waals surface area contributed by atoms with Crippen LogP contribution < -0.4 is 0 Å². The van der Waals surface area contributed by atoms with Crippen molar-refractivity contribution in [2.24, 2.45) is 0 Å². The van der Waals surface area contributed by atoms with Crippen molar-refractivity contribution in [2.45, 2.75) is 51.9 Å². The van der Waals surface area contributed by atoms with Crippen molar-refractivity contribution in [3.63, 3.8) is 0 Å². The van der Waals surface area contributed by atoms with Crippen LogP contribution in [0, 0.1) is 11.3 Å². The highest BCUT2D eigenvalue weighted by Crippen LogP contribution is 2.28. The molecule has 2 rings (SSSR count). The SMILES string of the molecule is CCOC(=O)c1cnn([C@H]2CCN(C(=O)OC(C)(C)C)C[C@@H]2F)c1C#N. The molecular weight excluding hydrogens is 343 g/mol. The Morgan fingerprint density at radius 2 is 2.15 bits per heavy atom. The first-order valence-corrected chi connectivity index (χ1v) is 8.44. The Morgan fingerprint density at radius 1 is 1.46 bits per heavy atom. The average molecular weight is 366 g/mol. The first-order valence-electron chi connectivity index (χ1n) is 8.44. The van der Waals surface area contributed by atoms with Crippen molar-refractivity contribution in [3.05, 3.63) is 17.5 Å². The quantitative estimate of drug-likeness (QED) is 0.762. The van der Waals surface area contributed by atoms with Gasteiger partial charge in [-0.3, -0.25) is 0 Å². The number of nitriles is 1. The van der Waals surface area contributed by atoms with Crippen LogP contribution in [0.5, 0.6) is 0 Å². The average Bonchev–Trinajstić information content (AvgIpc) is 2.97. The lowest BCUT2D eigenvalue weighted by Gasteiger charge is -2.35. The van der Waals surface area contributed by atoms with Gasteiger partial charge in [-0.2, -0.15) is 10.4 Å². The van der Waals surface area contributed by atoms with Gasteiger partial charge in [0.15, 0.2) is 5.69 Å². The molecule has 0 spiro atoms.